The highest BCUT2D eigenvalue weighted by molar-refractivity contribution is 6.07. The van der Waals surface area contributed by atoms with Crippen LogP contribution in [0.3, 0.4) is 0 Å². The zero-order chi connectivity index (χ0) is 16.2. The molecule has 0 atom stereocenters. The standard InChI is InChI=1S/C12H13NO8/c1-18-7-5-6(11(14)20-3)8(12(15)21-4)9(13(16)17)10(7)19-2/h5H,1-4H3. The molecule has 9 nitrogen and oxygen atoms in total. The zero-order valence-corrected chi connectivity index (χ0v) is 11.8. The lowest BCUT2D eigenvalue weighted by Gasteiger charge is -2.13. The lowest BCUT2D eigenvalue weighted by Crippen LogP contribution is -2.15. The molecule has 0 bridgehead atoms. The van der Waals surface area contributed by atoms with Crippen LogP contribution in [0.2, 0.25) is 0 Å². The van der Waals surface area contributed by atoms with E-state index in [4.69, 9.17) is 9.47 Å². The van der Waals surface area contributed by atoms with Crippen molar-refractivity contribution < 1.29 is 33.5 Å². The van der Waals surface area contributed by atoms with Crippen LogP contribution in [0.1, 0.15) is 20.7 Å². The van der Waals surface area contributed by atoms with Crippen LogP contribution in [0.25, 0.3) is 0 Å². The van der Waals surface area contributed by atoms with Gasteiger partial charge in [-0.3, -0.25) is 10.1 Å². The molecule has 0 spiro atoms. The van der Waals surface area contributed by atoms with Crippen molar-refractivity contribution in [3.8, 4) is 11.5 Å². The van der Waals surface area contributed by atoms with Gasteiger partial charge in [-0.2, -0.15) is 0 Å². The highest BCUT2D eigenvalue weighted by Crippen LogP contribution is 2.42. The first kappa shape index (κ1) is 16.2. The first-order valence-electron chi connectivity index (χ1n) is 5.52. The normalized spacial score (nSPS) is 9.71. The molecule has 0 aliphatic heterocycles. The minimum atomic E-state index is -1.07. The second-order valence-corrected chi connectivity index (χ2v) is 3.62. The van der Waals surface area contributed by atoms with Crippen molar-refractivity contribution in [3.05, 3.63) is 27.3 Å². The number of ether oxygens (including phenoxy) is 4. The van der Waals surface area contributed by atoms with Gasteiger partial charge in [0.15, 0.2) is 11.3 Å². The van der Waals surface area contributed by atoms with Crippen molar-refractivity contribution in [3.63, 3.8) is 0 Å². The Hall–Kier alpha value is -2.84. The van der Waals surface area contributed by atoms with Crippen molar-refractivity contribution in [2.45, 2.75) is 0 Å². The maximum atomic E-state index is 11.8. The Bertz CT molecular complexity index is 595. The quantitative estimate of drug-likeness (QED) is 0.452. The van der Waals surface area contributed by atoms with Crippen LogP contribution < -0.4 is 9.47 Å². The number of carbonyl (C=O) groups excluding carboxylic acids is 2. The number of nitrogens with zero attached hydrogens (tertiary/aromatic N) is 1. The Morgan fingerprint density at radius 2 is 1.62 bits per heavy atom. The molecule has 0 aromatic heterocycles. The van der Waals surface area contributed by atoms with Gasteiger partial charge in [0.2, 0.25) is 5.75 Å². The van der Waals surface area contributed by atoms with Crippen molar-refractivity contribution in [1.82, 2.24) is 0 Å². The van der Waals surface area contributed by atoms with E-state index in [2.05, 4.69) is 9.47 Å². The van der Waals surface area contributed by atoms with E-state index in [1.807, 2.05) is 0 Å². The van der Waals surface area contributed by atoms with Crippen molar-refractivity contribution in [1.29, 1.82) is 0 Å². The van der Waals surface area contributed by atoms with E-state index in [1.54, 1.807) is 0 Å². The SMILES string of the molecule is COC(=O)c1cc(OC)c(OC)c([N+](=O)[O-])c1C(=O)OC. The van der Waals surface area contributed by atoms with Gasteiger partial charge in [0.25, 0.3) is 0 Å². The third kappa shape index (κ3) is 2.86. The molecule has 0 aliphatic rings. The van der Waals surface area contributed by atoms with E-state index in [0.29, 0.717) is 0 Å². The molecule has 114 valence electrons. The van der Waals surface area contributed by atoms with Gasteiger partial charge in [-0.15, -0.1) is 0 Å². The van der Waals surface area contributed by atoms with Crippen molar-refractivity contribution >= 4 is 17.6 Å². The summed E-state index contributed by atoms with van der Waals surface area (Å²) in [5.41, 5.74) is -1.65. The monoisotopic (exact) mass is 299 g/mol. The summed E-state index contributed by atoms with van der Waals surface area (Å²) in [5, 5.41) is 11.3. The van der Waals surface area contributed by atoms with Crippen LogP contribution in [0, 0.1) is 10.1 Å². The number of carbonyl (C=O) groups is 2. The van der Waals surface area contributed by atoms with Gasteiger partial charge in [-0.05, 0) is 6.07 Å². The van der Waals surface area contributed by atoms with Gasteiger partial charge < -0.3 is 18.9 Å². The molecule has 0 radical (unpaired) electrons. The second-order valence-electron chi connectivity index (χ2n) is 3.62. The second kappa shape index (κ2) is 6.55. The number of nitro benzene ring substituents is 1. The predicted octanol–water partition coefficient (Wildman–Crippen LogP) is 1.19. The topological polar surface area (TPSA) is 114 Å². The number of benzene rings is 1. The average molecular weight is 299 g/mol. The van der Waals surface area contributed by atoms with Crippen LogP contribution in [0.5, 0.6) is 11.5 Å². The predicted molar refractivity (Wildman–Crippen MR) is 68.9 cm³/mol. The van der Waals surface area contributed by atoms with Gasteiger partial charge in [0.05, 0.1) is 38.9 Å². The molecule has 21 heavy (non-hydrogen) atoms. The minimum absolute atomic E-state index is 0.0859. The summed E-state index contributed by atoms with van der Waals surface area (Å²) in [5.74, 6) is -2.39. The number of hydrogen-bond donors (Lipinski definition) is 0. The molecule has 0 saturated heterocycles. The molecule has 0 saturated carbocycles. The fraction of sp³-hybridized carbons (Fsp3) is 0.333. The average Bonchev–Trinajstić information content (AvgIpc) is 2.50. The Balaban J connectivity index is 3.88. The van der Waals surface area contributed by atoms with Gasteiger partial charge in [0, 0.05) is 0 Å². The molecule has 0 heterocycles. The number of rotatable bonds is 5. The van der Waals surface area contributed by atoms with Crippen LogP contribution in [-0.2, 0) is 9.47 Å². The highest BCUT2D eigenvalue weighted by Gasteiger charge is 2.36. The molecule has 1 aromatic carbocycles. The maximum absolute atomic E-state index is 11.8. The van der Waals surface area contributed by atoms with E-state index in [9.17, 15) is 19.7 Å². The first-order chi connectivity index (χ1) is 9.92. The molecule has 9 heteroatoms. The number of methoxy groups -OCH3 is 4. The van der Waals surface area contributed by atoms with Crippen LogP contribution in [0.15, 0.2) is 6.07 Å². The van der Waals surface area contributed by atoms with Crippen LogP contribution in [0.4, 0.5) is 5.69 Å². The third-order valence-electron chi connectivity index (χ3n) is 2.62. The van der Waals surface area contributed by atoms with E-state index >= 15 is 0 Å². The van der Waals surface area contributed by atoms with Gasteiger partial charge in [0.1, 0.15) is 0 Å². The Morgan fingerprint density at radius 3 is 2.00 bits per heavy atom. The third-order valence-corrected chi connectivity index (χ3v) is 2.62. The molecule has 0 aliphatic carbocycles. The molecular weight excluding hydrogens is 286 g/mol. The van der Waals surface area contributed by atoms with Crippen LogP contribution in [-0.4, -0.2) is 45.3 Å². The van der Waals surface area contributed by atoms with E-state index in [-0.39, 0.29) is 17.1 Å². The summed E-state index contributed by atoms with van der Waals surface area (Å²) >= 11 is 0. The lowest BCUT2D eigenvalue weighted by atomic mass is 10.0. The number of nitro groups is 1. The summed E-state index contributed by atoms with van der Waals surface area (Å²) in [6.07, 6.45) is 0. The molecule has 1 rings (SSSR count). The highest BCUT2D eigenvalue weighted by atomic mass is 16.6. The van der Waals surface area contributed by atoms with E-state index < -0.39 is 28.1 Å². The molecule has 0 amide bonds. The molecule has 0 N–H and O–H groups in total. The largest absolute Gasteiger partial charge is 0.493 e. The lowest BCUT2D eigenvalue weighted by molar-refractivity contribution is -0.386. The van der Waals surface area contributed by atoms with E-state index in [0.717, 1.165) is 20.3 Å². The molecule has 0 unspecified atom stereocenters. The molecule has 1 aromatic rings. The minimum Gasteiger partial charge on any atom is -0.493 e. The van der Waals surface area contributed by atoms with E-state index in [1.165, 1.54) is 14.2 Å². The number of esters is 2. The summed E-state index contributed by atoms with van der Waals surface area (Å²) in [6, 6.07) is 1.11. The Morgan fingerprint density at radius 1 is 1.05 bits per heavy atom. The van der Waals surface area contributed by atoms with Crippen molar-refractivity contribution in [2.24, 2.45) is 0 Å². The summed E-state index contributed by atoms with van der Waals surface area (Å²) in [4.78, 5) is 34.0. The van der Waals surface area contributed by atoms with Crippen molar-refractivity contribution in [2.75, 3.05) is 28.4 Å². The Kier molecular flexibility index (Phi) is 5.06. The fourth-order valence-electron chi connectivity index (χ4n) is 1.73. The smallest absolute Gasteiger partial charge is 0.345 e. The molecule has 0 fully saturated rings. The first-order valence-corrected chi connectivity index (χ1v) is 5.52. The summed E-state index contributed by atoms with van der Waals surface area (Å²) < 4.78 is 18.8. The van der Waals surface area contributed by atoms with Gasteiger partial charge in [-0.25, -0.2) is 9.59 Å². The summed E-state index contributed by atoms with van der Waals surface area (Å²) in [7, 11) is 4.51. The Labute approximate surface area is 119 Å². The van der Waals surface area contributed by atoms with Gasteiger partial charge in [-0.1, -0.05) is 0 Å². The fourth-order valence-corrected chi connectivity index (χ4v) is 1.73. The number of hydrogen-bond acceptors (Lipinski definition) is 8. The van der Waals surface area contributed by atoms with Gasteiger partial charge >= 0.3 is 17.6 Å². The molecular formula is C12H13NO8. The maximum Gasteiger partial charge on any atom is 0.345 e. The zero-order valence-electron chi connectivity index (χ0n) is 11.8. The summed E-state index contributed by atoms with van der Waals surface area (Å²) in [6.45, 7) is 0. The van der Waals surface area contributed by atoms with Crippen LogP contribution >= 0.6 is 0 Å².